The van der Waals surface area contributed by atoms with E-state index in [1.54, 1.807) is 6.07 Å². The topological polar surface area (TPSA) is 55.1 Å². The third-order valence-electron chi connectivity index (χ3n) is 2.96. The number of amides is 1. The quantitative estimate of drug-likeness (QED) is 0.823. The Hall–Kier alpha value is -1.62. The molecule has 5 heteroatoms. The fraction of sp³-hybridized carbons (Fsp3) is 0.357. The van der Waals surface area contributed by atoms with Gasteiger partial charge in [0.25, 0.3) is 5.91 Å². The highest BCUT2D eigenvalue weighted by atomic mass is 32.1. The molecule has 0 fully saturated rings. The minimum atomic E-state index is -0.341. The van der Waals surface area contributed by atoms with Crippen molar-refractivity contribution in [3.63, 3.8) is 0 Å². The van der Waals surface area contributed by atoms with E-state index in [0.717, 1.165) is 24.0 Å². The number of benzene rings is 1. The van der Waals surface area contributed by atoms with Crippen LogP contribution in [0.15, 0.2) is 18.2 Å². The molecular formula is C14H17FN2OS. The Morgan fingerprint density at radius 2 is 2.21 bits per heavy atom. The fourth-order valence-electron chi connectivity index (χ4n) is 1.91. The maximum atomic E-state index is 13.2. The number of nitrogens with one attached hydrogen (secondary N) is 1. The second-order valence-corrected chi connectivity index (χ2v) is 5.50. The van der Waals surface area contributed by atoms with Crippen LogP contribution in [0.5, 0.6) is 0 Å². The van der Waals surface area contributed by atoms with E-state index in [1.807, 2.05) is 0 Å². The summed E-state index contributed by atoms with van der Waals surface area (Å²) in [5.74, 6) is -0.512. The van der Waals surface area contributed by atoms with Crippen molar-refractivity contribution in [2.24, 2.45) is 0 Å². The highest BCUT2D eigenvalue weighted by Crippen LogP contribution is 2.33. The molecule has 3 nitrogen and oxygen atoms in total. The predicted molar refractivity (Wildman–Crippen MR) is 78.1 cm³/mol. The van der Waals surface area contributed by atoms with Gasteiger partial charge in [0.2, 0.25) is 0 Å². The van der Waals surface area contributed by atoms with E-state index in [-0.39, 0.29) is 11.7 Å². The van der Waals surface area contributed by atoms with Gasteiger partial charge in [-0.3, -0.25) is 4.79 Å². The smallest absolute Gasteiger partial charge is 0.263 e. The number of thiophene rings is 1. The molecule has 0 saturated heterocycles. The van der Waals surface area contributed by atoms with Gasteiger partial charge in [-0.15, -0.1) is 11.3 Å². The molecule has 0 aliphatic carbocycles. The van der Waals surface area contributed by atoms with Crippen LogP contribution in [0.2, 0.25) is 0 Å². The number of hydrogen-bond acceptors (Lipinski definition) is 3. The van der Waals surface area contributed by atoms with Crippen LogP contribution in [0.4, 0.5) is 10.1 Å². The molecule has 0 spiro atoms. The van der Waals surface area contributed by atoms with Gasteiger partial charge in [0.1, 0.15) is 10.7 Å². The van der Waals surface area contributed by atoms with Gasteiger partial charge in [-0.25, -0.2) is 4.39 Å². The number of hydrogen-bond donors (Lipinski definition) is 2. The van der Waals surface area contributed by atoms with Crippen molar-refractivity contribution >= 4 is 33.0 Å². The zero-order valence-electron chi connectivity index (χ0n) is 10.8. The first-order valence-corrected chi connectivity index (χ1v) is 7.21. The lowest BCUT2D eigenvalue weighted by molar-refractivity contribution is 0.0958. The van der Waals surface area contributed by atoms with Crippen molar-refractivity contribution in [1.82, 2.24) is 5.32 Å². The number of unbranched alkanes of at least 4 members (excludes halogenated alkanes) is 2. The highest BCUT2D eigenvalue weighted by molar-refractivity contribution is 7.21. The molecule has 1 aromatic heterocycles. The summed E-state index contributed by atoms with van der Waals surface area (Å²) in [6.45, 7) is 2.76. The maximum Gasteiger partial charge on any atom is 0.263 e. The Kier molecular flexibility index (Phi) is 4.37. The number of carbonyl (C=O) groups excluding carboxylic acids is 1. The summed E-state index contributed by atoms with van der Waals surface area (Å²) in [6.07, 6.45) is 3.16. The van der Waals surface area contributed by atoms with E-state index >= 15 is 0 Å². The summed E-state index contributed by atoms with van der Waals surface area (Å²) in [7, 11) is 0. The van der Waals surface area contributed by atoms with Crippen LogP contribution >= 0.6 is 11.3 Å². The molecule has 2 aromatic rings. The third-order valence-corrected chi connectivity index (χ3v) is 4.15. The number of carbonyl (C=O) groups is 1. The molecule has 0 aliphatic heterocycles. The van der Waals surface area contributed by atoms with Crippen LogP contribution in [0.3, 0.4) is 0 Å². The SMILES string of the molecule is CCCCCNC(=O)c1sc2ccc(F)cc2c1N. The molecule has 19 heavy (non-hydrogen) atoms. The number of rotatable bonds is 5. The predicted octanol–water partition coefficient (Wildman–Crippen LogP) is 3.54. The lowest BCUT2D eigenvalue weighted by atomic mass is 10.2. The van der Waals surface area contributed by atoms with Crippen molar-refractivity contribution in [3.8, 4) is 0 Å². The lowest BCUT2D eigenvalue weighted by Crippen LogP contribution is -2.24. The summed E-state index contributed by atoms with van der Waals surface area (Å²) in [4.78, 5) is 12.5. The van der Waals surface area contributed by atoms with Crippen LogP contribution < -0.4 is 11.1 Å². The second-order valence-electron chi connectivity index (χ2n) is 4.45. The Labute approximate surface area is 115 Å². The first-order chi connectivity index (χ1) is 9.13. The number of nitrogen functional groups attached to an aromatic ring is 1. The number of fused-ring (bicyclic) bond motifs is 1. The number of anilines is 1. The Bertz CT molecular complexity index is 594. The van der Waals surface area contributed by atoms with Crippen molar-refractivity contribution in [2.45, 2.75) is 26.2 Å². The largest absolute Gasteiger partial charge is 0.397 e. The Balaban J connectivity index is 2.16. The normalized spacial score (nSPS) is 10.8. The van der Waals surface area contributed by atoms with Gasteiger partial charge < -0.3 is 11.1 Å². The van der Waals surface area contributed by atoms with Crippen LogP contribution in [0.25, 0.3) is 10.1 Å². The Morgan fingerprint density at radius 1 is 1.42 bits per heavy atom. The minimum Gasteiger partial charge on any atom is -0.397 e. The standard InChI is InChI=1S/C14H17FN2OS/c1-2-3-4-7-17-14(18)13-12(16)10-8-9(15)5-6-11(10)19-13/h5-6,8H,2-4,7,16H2,1H3,(H,17,18). The summed E-state index contributed by atoms with van der Waals surface area (Å²) in [5.41, 5.74) is 6.29. The number of halogens is 1. The van der Waals surface area contributed by atoms with Crippen LogP contribution in [0, 0.1) is 5.82 Å². The van der Waals surface area contributed by atoms with Crippen LogP contribution in [-0.4, -0.2) is 12.5 Å². The average molecular weight is 280 g/mol. The maximum absolute atomic E-state index is 13.2. The molecule has 0 aliphatic rings. The summed E-state index contributed by atoms with van der Waals surface area (Å²) < 4.78 is 14.0. The van der Waals surface area contributed by atoms with Gasteiger partial charge in [0.15, 0.2) is 0 Å². The molecule has 1 heterocycles. The molecule has 0 unspecified atom stereocenters. The molecule has 0 radical (unpaired) electrons. The second kappa shape index (κ2) is 6.02. The van der Waals surface area contributed by atoms with E-state index in [4.69, 9.17) is 5.73 Å². The third kappa shape index (κ3) is 3.04. The zero-order valence-corrected chi connectivity index (χ0v) is 11.6. The van der Waals surface area contributed by atoms with Gasteiger partial charge in [-0.1, -0.05) is 19.8 Å². The van der Waals surface area contributed by atoms with Crippen LogP contribution in [0.1, 0.15) is 35.9 Å². The van der Waals surface area contributed by atoms with Gasteiger partial charge in [0, 0.05) is 16.6 Å². The van der Waals surface area contributed by atoms with Crippen molar-refractivity contribution in [1.29, 1.82) is 0 Å². The van der Waals surface area contributed by atoms with Gasteiger partial charge in [-0.05, 0) is 24.6 Å². The molecular weight excluding hydrogens is 263 g/mol. The van der Waals surface area contributed by atoms with Crippen molar-refractivity contribution < 1.29 is 9.18 Å². The van der Waals surface area contributed by atoms with E-state index < -0.39 is 0 Å². The number of nitrogens with two attached hydrogens (primary N) is 1. The molecule has 2 rings (SSSR count). The van der Waals surface area contributed by atoms with Crippen molar-refractivity contribution in [2.75, 3.05) is 12.3 Å². The van der Waals surface area contributed by atoms with E-state index in [9.17, 15) is 9.18 Å². The average Bonchev–Trinajstić information content (AvgIpc) is 2.72. The van der Waals surface area contributed by atoms with E-state index in [1.165, 1.54) is 23.5 Å². The van der Waals surface area contributed by atoms with Crippen LogP contribution in [-0.2, 0) is 0 Å². The van der Waals surface area contributed by atoms with Gasteiger partial charge in [-0.2, -0.15) is 0 Å². The van der Waals surface area contributed by atoms with Gasteiger partial charge in [0.05, 0.1) is 5.69 Å². The molecule has 0 saturated carbocycles. The minimum absolute atomic E-state index is 0.171. The van der Waals surface area contributed by atoms with E-state index in [2.05, 4.69) is 12.2 Å². The molecule has 3 N–H and O–H groups in total. The first-order valence-electron chi connectivity index (χ1n) is 6.39. The van der Waals surface area contributed by atoms with E-state index in [0.29, 0.717) is 22.5 Å². The zero-order chi connectivity index (χ0) is 13.8. The summed E-state index contributed by atoms with van der Waals surface area (Å²) in [6, 6.07) is 4.40. The molecule has 1 aromatic carbocycles. The lowest BCUT2D eigenvalue weighted by Gasteiger charge is -2.03. The molecule has 0 bridgehead atoms. The molecule has 102 valence electrons. The van der Waals surface area contributed by atoms with Gasteiger partial charge >= 0.3 is 0 Å². The Morgan fingerprint density at radius 3 is 2.95 bits per heavy atom. The summed E-state index contributed by atoms with van der Waals surface area (Å²) >= 11 is 1.30. The fourth-order valence-corrected chi connectivity index (χ4v) is 2.93. The van der Waals surface area contributed by atoms with Crippen molar-refractivity contribution in [3.05, 3.63) is 28.9 Å². The highest BCUT2D eigenvalue weighted by Gasteiger charge is 2.16. The first kappa shape index (κ1) is 13.8. The molecule has 0 atom stereocenters. The monoisotopic (exact) mass is 280 g/mol. The summed E-state index contributed by atoms with van der Waals surface area (Å²) in [5, 5.41) is 3.46. The molecule has 1 amide bonds.